The second kappa shape index (κ2) is 8.00. The highest BCUT2D eigenvalue weighted by Gasteiger charge is 2.14. The van der Waals surface area contributed by atoms with Gasteiger partial charge in [0.1, 0.15) is 19.0 Å². The van der Waals surface area contributed by atoms with Gasteiger partial charge < -0.3 is 19.5 Å². The Kier molecular flexibility index (Phi) is 6.65. The number of hydrogen-bond donors (Lipinski definition) is 1. The fourth-order valence-corrected chi connectivity index (χ4v) is 1.56. The molecule has 0 atom stereocenters. The number of amides is 1. The van der Waals surface area contributed by atoms with E-state index in [0.717, 1.165) is 5.56 Å². The Morgan fingerprint density at radius 3 is 2.57 bits per heavy atom. The standard InChI is InChI=1S/C16H25NO4/c1-12-6-7-13(14(10-12)20-9-8-19-5)17-15(18)11-21-16(2,3)4/h6-7,10H,8-9,11H2,1-5H3,(H,17,18). The van der Waals surface area contributed by atoms with E-state index in [-0.39, 0.29) is 18.1 Å². The van der Waals surface area contributed by atoms with Crippen LogP contribution in [-0.4, -0.2) is 38.4 Å². The molecule has 1 rings (SSSR count). The van der Waals surface area contributed by atoms with Crippen LogP contribution in [0.15, 0.2) is 18.2 Å². The molecule has 0 unspecified atom stereocenters. The Hall–Kier alpha value is -1.59. The first kappa shape index (κ1) is 17.5. The van der Waals surface area contributed by atoms with Gasteiger partial charge in [0, 0.05) is 7.11 Å². The van der Waals surface area contributed by atoms with Crippen LogP contribution in [0, 0.1) is 6.92 Å². The molecule has 5 heteroatoms. The Morgan fingerprint density at radius 1 is 1.24 bits per heavy atom. The van der Waals surface area contributed by atoms with Gasteiger partial charge in [0.05, 0.1) is 17.9 Å². The van der Waals surface area contributed by atoms with Gasteiger partial charge >= 0.3 is 0 Å². The predicted molar refractivity (Wildman–Crippen MR) is 82.9 cm³/mol. The Labute approximate surface area is 126 Å². The first-order chi connectivity index (χ1) is 9.81. The summed E-state index contributed by atoms with van der Waals surface area (Å²) >= 11 is 0. The lowest BCUT2D eigenvalue weighted by molar-refractivity contribution is -0.125. The number of methoxy groups -OCH3 is 1. The van der Waals surface area contributed by atoms with Crippen LogP contribution >= 0.6 is 0 Å². The molecular formula is C16H25NO4. The summed E-state index contributed by atoms with van der Waals surface area (Å²) in [5.41, 5.74) is 1.35. The minimum absolute atomic E-state index is 0.00882. The normalized spacial score (nSPS) is 11.3. The van der Waals surface area contributed by atoms with E-state index in [4.69, 9.17) is 14.2 Å². The van der Waals surface area contributed by atoms with E-state index in [1.165, 1.54) is 0 Å². The molecule has 1 aromatic carbocycles. The molecule has 118 valence electrons. The average molecular weight is 295 g/mol. The molecule has 0 heterocycles. The van der Waals surface area contributed by atoms with Crippen LogP contribution in [0.3, 0.4) is 0 Å². The van der Waals surface area contributed by atoms with Crippen LogP contribution in [0.5, 0.6) is 5.75 Å². The van der Waals surface area contributed by atoms with E-state index in [1.54, 1.807) is 7.11 Å². The zero-order valence-corrected chi connectivity index (χ0v) is 13.5. The molecule has 1 aromatic rings. The number of hydrogen-bond acceptors (Lipinski definition) is 4. The molecular weight excluding hydrogens is 270 g/mol. The molecule has 5 nitrogen and oxygen atoms in total. The molecule has 0 spiro atoms. The molecule has 0 aromatic heterocycles. The van der Waals surface area contributed by atoms with Gasteiger partial charge in [0.2, 0.25) is 5.91 Å². The molecule has 0 saturated heterocycles. The highest BCUT2D eigenvalue weighted by Crippen LogP contribution is 2.25. The molecule has 0 aliphatic carbocycles. The lowest BCUT2D eigenvalue weighted by Gasteiger charge is -2.19. The molecule has 0 saturated carbocycles. The van der Waals surface area contributed by atoms with Crippen molar-refractivity contribution in [2.24, 2.45) is 0 Å². The maximum absolute atomic E-state index is 11.9. The van der Waals surface area contributed by atoms with Gasteiger partial charge in [0.15, 0.2) is 0 Å². The van der Waals surface area contributed by atoms with Crippen LogP contribution < -0.4 is 10.1 Å². The summed E-state index contributed by atoms with van der Waals surface area (Å²) < 4.78 is 16.0. The summed E-state index contributed by atoms with van der Waals surface area (Å²) in [6, 6.07) is 5.63. The van der Waals surface area contributed by atoms with E-state index in [1.807, 2.05) is 45.9 Å². The number of carbonyl (C=O) groups is 1. The minimum atomic E-state index is -0.345. The van der Waals surface area contributed by atoms with Gasteiger partial charge in [-0.2, -0.15) is 0 Å². The highest BCUT2D eigenvalue weighted by molar-refractivity contribution is 5.93. The third kappa shape index (κ3) is 7.11. The summed E-state index contributed by atoms with van der Waals surface area (Å²) in [4.78, 5) is 11.9. The Morgan fingerprint density at radius 2 is 1.95 bits per heavy atom. The average Bonchev–Trinajstić information content (AvgIpc) is 2.39. The van der Waals surface area contributed by atoms with Crippen LogP contribution in [0.4, 0.5) is 5.69 Å². The van der Waals surface area contributed by atoms with Crippen molar-refractivity contribution < 1.29 is 19.0 Å². The van der Waals surface area contributed by atoms with Gasteiger partial charge in [-0.3, -0.25) is 4.79 Å². The fraction of sp³-hybridized carbons (Fsp3) is 0.562. The highest BCUT2D eigenvalue weighted by atomic mass is 16.5. The summed E-state index contributed by atoms with van der Waals surface area (Å²) in [5.74, 6) is 0.432. The van der Waals surface area contributed by atoms with Crippen molar-refractivity contribution in [3.05, 3.63) is 23.8 Å². The van der Waals surface area contributed by atoms with Gasteiger partial charge in [-0.15, -0.1) is 0 Å². The largest absolute Gasteiger partial charge is 0.489 e. The van der Waals surface area contributed by atoms with Gasteiger partial charge in [-0.05, 0) is 45.4 Å². The number of carbonyl (C=O) groups excluding carboxylic acids is 1. The number of benzene rings is 1. The molecule has 1 N–H and O–H groups in total. The lowest BCUT2D eigenvalue weighted by atomic mass is 10.2. The fourth-order valence-electron chi connectivity index (χ4n) is 1.56. The van der Waals surface area contributed by atoms with Crippen molar-refractivity contribution in [1.29, 1.82) is 0 Å². The van der Waals surface area contributed by atoms with Gasteiger partial charge in [-0.1, -0.05) is 6.07 Å². The molecule has 0 radical (unpaired) electrons. The molecule has 0 aliphatic heterocycles. The second-order valence-electron chi connectivity index (χ2n) is 5.79. The van der Waals surface area contributed by atoms with E-state index in [2.05, 4.69) is 5.32 Å². The monoisotopic (exact) mass is 295 g/mol. The topological polar surface area (TPSA) is 56.8 Å². The third-order valence-corrected chi connectivity index (χ3v) is 2.59. The first-order valence-corrected chi connectivity index (χ1v) is 6.98. The van der Waals surface area contributed by atoms with E-state index in [0.29, 0.717) is 24.7 Å². The molecule has 0 bridgehead atoms. The number of rotatable bonds is 7. The van der Waals surface area contributed by atoms with Crippen molar-refractivity contribution in [2.75, 3.05) is 32.2 Å². The summed E-state index contributed by atoms with van der Waals surface area (Å²) in [6.07, 6.45) is 0. The van der Waals surface area contributed by atoms with Crippen molar-refractivity contribution in [2.45, 2.75) is 33.3 Å². The molecule has 0 fully saturated rings. The van der Waals surface area contributed by atoms with Crippen LogP contribution in [0.1, 0.15) is 26.3 Å². The van der Waals surface area contributed by atoms with E-state index >= 15 is 0 Å². The SMILES string of the molecule is COCCOc1cc(C)ccc1NC(=O)COC(C)(C)C. The van der Waals surface area contributed by atoms with Gasteiger partial charge in [-0.25, -0.2) is 0 Å². The van der Waals surface area contributed by atoms with Crippen molar-refractivity contribution in [1.82, 2.24) is 0 Å². The Balaban J connectivity index is 2.66. The van der Waals surface area contributed by atoms with Gasteiger partial charge in [0.25, 0.3) is 0 Å². The molecule has 21 heavy (non-hydrogen) atoms. The van der Waals surface area contributed by atoms with Crippen molar-refractivity contribution >= 4 is 11.6 Å². The summed E-state index contributed by atoms with van der Waals surface area (Å²) in [5, 5.41) is 2.81. The summed E-state index contributed by atoms with van der Waals surface area (Å²) in [7, 11) is 1.62. The molecule has 1 amide bonds. The zero-order chi connectivity index (χ0) is 15.9. The maximum Gasteiger partial charge on any atom is 0.250 e. The van der Waals surface area contributed by atoms with Crippen molar-refractivity contribution in [3.8, 4) is 5.75 Å². The van der Waals surface area contributed by atoms with Crippen LogP contribution in [0.2, 0.25) is 0 Å². The number of anilines is 1. The number of nitrogens with one attached hydrogen (secondary N) is 1. The number of aryl methyl sites for hydroxylation is 1. The second-order valence-corrected chi connectivity index (χ2v) is 5.79. The third-order valence-electron chi connectivity index (χ3n) is 2.59. The molecule has 0 aliphatic rings. The van der Waals surface area contributed by atoms with Crippen LogP contribution in [-0.2, 0) is 14.3 Å². The summed E-state index contributed by atoms with van der Waals surface area (Å²) in [6.45, 7) is 8.63. The minimum Gasteiger partial charge on any atom is -0.489 e. The Bertz CT molecular complexity index is 466. The van der Waals surface area contributed by atoms with E-state index in [9.17, 15) is 4.79 Å². The number of ether oxygens (including phenoxy) is 3. The van der Waals surface area contributed by atoms with E-state index < -0.39 is 0 Å². The van der Waals surface area contributed by atoms with Crippen molar-refractivity contribution in [3.63, 3.8) is 0 Å². The predicted octanol–water partition coefficient (Wildman–Crippen LogP) is 2.77. The first-order valence-electron chi connectivity index (χ1n) is 6.98. The van der Waals surface area contributed by atoms with Crippen LogP contribution in [0.25, 0.3) is 0 Å². The smallest absolute Gasteiger partial charge is 0.250 e. The maximum atomic E-state index is 11.9. The lowest BCUT2D eigenvalue weighted by Crippen LogP contribution is -2.27. The zero-order valence-electron chi connectivity index (χ0n) is 13.5. The quantitative estimate of drug-likeness (QED) is 0.786.